The van der Waals surface area contributed by atoms with E-state index in [1.54, 1.807) is 0 Å². The molecule has 20 heavy (non-hydrogen) atoms. The molecular weight excluding hydrogens is 320 g/mol. The van der Waals surface area contributed by atoms with Crippen LogP contribution in [0.25, 0.3) is 0 Å². The van der Waals surface area contributed by atoms with Crippen molar-refractivity contribution in [1.82, 2.24) is 15.5 Å². The highest BCUT2D eigenvalue weighted by Gasteiger charge is 2.21. The highest BCUT2D eigenvalue weighted by atomic mass is 79.9. The van der Waals surface area contributed by atoms with Gasteiger partial charge >= 0.3 is 6.01 Å². The largest absolute Gasteiger partial charge is 0.407 e. The molecular formula is C14H17BrN4O. The van der Waals surface area contributed by atoms with Gasteiger partial charge in [0.2, 0.25) is 5.89 Å². The molecule has 1 atom stereocenters. The molecule has 0 amide bonds. The van der Waals surface area contributed by atoms with E-state index in [4.69, 9.17) is 4.42 Å². The highest BCUT2D eigenvalue weighted by Crippen LogP contribution is 2.22. The van der Waals surface area contributed by atoms with Gasteiger partial charge in [-0.2, -0.15) is 0 Å². The third kappa shape index (κ3) is 3.58. The minimum absolute atomic E-state index is 0.109. The summed E-state index contributed by atoms with van der Waals surface area (Å²) in [4.78, 5) is 0. The van der Waals surface area contributed by atoms with Gasteiger partial charge in [-0.05, 0) is 37.5 Å². The molecule has 1 aromatic heterocycles. The van der Waals surface area contributed by atoms with Crippen molar-refractivity contribution in [3.63, 3.8) is 0 Å². The van der Waals surface area contributed by atoms with Gasteiger partial charge in [-0.15, -0.1) is 5.10 Å². The molecule has 1 fully saturated rings. The van der Waals surface area contributed by atoms with Crippen LogP contribution in [0.3, 0.4) is 0 Å². The van der Waals surface area contributed by atoms with Crippen LogP contribution in [-0.2, 0) is 6.54 Å². The van der Waals surface area contributed by atoms with E-state index < -0.39 is 0 Å². The summed E-state index contributed by atoms with van der Waals surface area (Å²) in [6.07, 6.45) is 2.50. The molecule has 3 rings (SSSR count). The average Bonchev–Trinajstić information content (AvgIpc) is 3.16. The quantitative estimate of drug-likeness (QED) is 0.847. The topological polar surface area (TPSA) is 63.0 Å². The normalized spacial score (nSPS) is 16.1. The van der Waals surface area contributed by atoms with Crippen molar-refractivity contribution >= 4 is 21.9 Å². The van der Waals surface area contributed by atoms with Crippen LogP contribution in [0.15, 0.2) is 33.2 Å². The SMILES string of the molecule is CC(Nc1nnc(CNC2CC2)o1)c1cccc(Br)c1. The summed E-state index contributed by atoms with van der Waals surface area (Å²) in [6.45, 7) is 2.71. The lowest BCUT2D eigenvalue weighted by molar-refractivity contribution is 0.473. The Morgan fingerprint density at radius 1 is 1.40 bits per heavy atom. The van der Waals surface area contributed by atoms with Gasteiger partial charge in [0, 0.05) is 10.5 Å². The molecule has 6 heteroatoms. The number of aromatic nitrogens is 2. The summed E-state index contributed by atoms with van der Waals surface area (Å²) in [5.74, 6) is 0.626. The molecule has 1 aliphatic carbocycles. The number of nitrogens with one attached hydrogen (secondary N) is 2. The van der Waals surface area contributed by atoms with E-state index in [1.165, 1.54) is 12.8 Å². The van der Waals surface area contributed by atoms with Crippen LogP contribution in [0.2, 0.25) is 0 Å². The Hall–Kier alpha value is -1.40. The van der Waals surface area contributed by atoms with E-state index in [0.717, 1.165) is 10.0 Å². The smallest absolute Gasteiger partial charge is 0.315 e. The van der Waals surface area contributed by atoms with Crippen molar-refractivity contribution in [2.24, 2.45) is 0 Å². The van der Waals surface area contributed by atoms with Crippen LogP contribution in [0, 0.1) is 0 Å². The molecule has 106 valence electrons. The second kappa shape index (κ2) is 5.93. The number of rotatable bonds is 6. The zero-order valence-electron chi connectivity index (χ0n) is 11.3. The van der Waals surface area contributed by atoms with Gasteiger partial charge in [-0.1, -0.05) is 33.2 Å². The first kappa shape index (κ1) is 13.6. The molecule has 2 N–H and O–H groups in total. The Bertz CT molecular complexity index is 582. The molecule has 0 saturated heterocycles. The van der Waals surface area contributed by atoms with E-state index in [9.17, 15) is 0 Å². The molecule has 1 aromatic carbocycles. The lowest BCUT2D eigenvalue weighted by Gasteiger charge is -2.12. The minimum atomic E-state index is 0.109. The fraction of sp³-hybridized carbons (Fsp3) is 0.429. The monoisotopic (exact) mass is 336 g/mol. The van der Waals surface area contributed by atoms with Crippen molar-refractivity contribution in [2.75, 3.05) is 5.32 Å². The Morgan fingerprint density at radius 2 is 2.25 bits per heavy atom. The first-order valence-electron chi connectivity index (χ1n) is 6.78. The molecule has 0 bridgehead atoms. The second-order valence-electron chi connectivity index (χ2n) is 5.08. The van der Waals surface area contributed by atoms with Crippen molar-refractivity contribution < 1.29 is 4.42 Å². The van der Waals surface area contributed by atoms with Crippen LogP contribution in [-0.4, -0.2) is 16.2 Å². The molecule has 0 radical (unpaired) electrons. The average molecular weight is 337 g/mol. The van der Waals surface area contributed by atoms with Crippen molar-refractivity contribution in [1.29, 1.82) is 0 Å². The van der Waals surface area contributed by atoms with Crippen LogP contribution < -0.4 is 10.6 Å². The van der Waals surface area contributed by atoms with E-state index in [1.807, 2.05) is 12.1 Å². The van der Waals surface area contributed by atoms with Crippen molar-refractivity contribution in [3.8, 4) is 0 Å². The zero-order valence-corrected chi connectivity index (χ0v) is 12.9. The lowest BCUT2D eigenvalue weighted by atomic mass is 10.1. The highest BCUT2D eigenvalue weighted by molar-refractivity contribution is 9.10. The summed E-state index contributed by atoms with van der Waals surface area (Å²) >= 11 is 3.47. The Morgan fingerprint density at radius 3 is 3.00 bits per heavy atom. The first-order valence-corrected chi connectivity index (χ1v) is 7.58. The van der Waals surface area contributed by atoms with Gasteiger partial charge in [0.1, 0.15) is 0 Å². The maximum atomic E-state index is 5.58. The summed E-state index contributed by atoms with van der Waals surface area (Å²) in [6, 6.07) is 9.36. The molecule has 1 saturated carbocycles. The summed E-state index contributed by atoms with van der Waals surface area (Å²) in [7, 11) is 0. The maximum absolute atomic E-state index is 5.58. The van der Waals surface area contributed by atoms with Gasteiger partial charge < -0.3 is 15.1 Å². The first-order chi connectivity index (χ1) is 9.70. The van der Waals surface area contributed by atoms with Gasteiger partial charge in [-0.25, -0.2) is 0 Å². The summed E-state index contributed by atoms with van der Waals surface area (Å²) < 4.78 is 6.64. The molecule has 1 aliphatic rings. The number of benzene rings is 1. The minimum Gasteiger partial charge on any atom is -0.407 e. The molecule has 1 unspecified atom stereocenters. The summed E-state index contributed by atoms with van der Waals surface area (Å²) in [5.41, 5.74) is 1.16. The van der Waals surface area contributed by atoms with Gasteiger partial charge in [0.15, 0.2) is 0 Å². The van der Waals surface area contributed by atoms with E-state index in [0.29, 0.717) is 24.5 Å². The Kier molecular flexibility index (Phi) is 4.03. The predicted octanol–water partition coefficient (Wildman–Crippen LogP) is 3.26. The number of hydrogen-bond acceptors (Lipinski definition) is 5. The Labute approximate surface area is 126 Å². The van der Waals surface area contributed by atoms with E-state index in [2.05, 4.69) is 55.8 Å². The van der Waals surface area contributed by atoms with Crippen molar-refractivity contribution in [2.45, 2.75) is 38.4 Å². The summed E-state index contributed by atoms with van der Waals surface area (Å²) in [5, 5.41) is 14.6. The number of halogens is 1. The van der Waals surface area contributed by atoms with Gasteiger partial charge in [-0.3, -0.25) is 0 Å². The standard InChI is InChI=1S/C14H17BrN4O/c1-9(10-3-2-4-11(15)7-10)17-14-19-18-13(20-14)8-16-12-5-6-12/h2-4,7,9,12,16H,5-6,8H2,1H3,(H,17,19). The maximum Gasteiger partial charge on any atom is 0.315 e. The van der Waals surface area contributed by atoms with Crippen LogP contribution in [0.1, 0.15) is 37.3 Å². The number of hydrogen-bond donors (Lipinski definition) is 2. The molecule has 0 spiro atoms. The molecule has 1 heterocycles. The predicted molar refractivity (Wildman–Crippen MR) is 80.3 cm³/mol. The fourth-order valence-corrected chi connectivity index (χ4v) is 2.36. The van der Waals surface area contributed by atoms with Crippen LogP contribution in [0.5, 0.6) is 0 Å². The third-order valence-corrected chi connectivity index (χ3v) is 3.77. The number of nitrogens with zero attached hydrogens (tertiary/aromatic N) is 2. The Balaban J connectivity index is 1.59. The number of anilines is 1. The third-order valence-electron chi connectivity index (χ3n) is 3.27. The second-order valence-corrected chi connectivity index (χ2v) is 5.99. The van der Waals surface area contributed by atoms with Crippen LogP contribution in [0.4, 0.5) is 6.01 Å². The fourth-order valence-electron chi connectivity index (χ4n) is 1.95. The molecule has 2 aromatic rings. The van der Waals surface area contributed by atoms with E-state index in [-0.39, 0.29) is 6.04 Å². The van der Waals surface area contributed by atoms with E-state index >= 15 is 0 Å². The molecule has 5 nitrogen and oxygen atoms in total. The zero-order chi connectivity index (χ0) is 13.9. The van der Waals surface area contributed by atoms with Gasteiger partial charge in [0.05, 0.1) is 12.6 Å². The van der Waals surface area contributed by atoms with Crippen LogP contribution >= 0.6 is 15.9 Å². The van der Waals surface area contributed by atoms with Gasteiger partial charge in [0.25, 0.3) is 0 Å². The lowest BCUT2D eigenvalue weighted by Crippen LogP contribution is -2.15. The molecule has 0 aliphatic heterocycles. The van der Waals surface area contributed by atoms with Crippen molar-refractivity contribution in [3.05, 3.63) is 40.2 Å².